The average molecular weight is 232 g/mol. The van der Waals surface area contributed by atoms with Crippen LogP contribution in [0.1, 0.15) is 31.4 Å². The highest BCUT2D eigenvalue weighted by Gasteiger charge is 2.24. The maximum absolute atomic E-state index is 3.21. The Morgan fingerprint density at radius 3 is 2.94 bits per heavy atom. The van der Waals surface area contributed by atoms with Gasteiger partial charge < -0.3 is 10.2 Å². The number of benzene rings is 1. The molecule has 1 aromatic rings. The number of rotatable bonds is 5. The number of hydrogen-bond acceptors (Lipinski definition) is 2. The van der Waals surface area contributed by atoms with Crippen LogP contribution in [0.25, 0.3) is 0 Å². The molecule has 2 rings (SSSR count). The molecular weight excluding hydrogens is 208 g/mol. The van der Waals surface area contributed by atoms with E-state index in [1.54, 1.807) is 0 Å². The summed E-state index contributed by atoms with van der Waals surface area (Å²) in [4.78, 5) is 2.52. The summed E-state index contributed by atoms with van der Waals surface area (Å²) in [5, 5.41) is 3.21. The minimum atomic E-state index is 0.669. The Morgan fingerprint density at radius 2 is 2.24 bits per heavy atom. The Hall–Kier alpha value is -1.02. The zero-order chi connectivity index (χ0) is 12.3. The van der Waals surface area contributed by atoms with E-state index >= 15 is 0 Å². The van der Waals surface area contributed by atoms with Gasteiger partial charge >= 0.3 is 0 Å². The maximum atomic E-state index is 3.21. The van der Waals surface area contributed by atoms with E-state index in [-0.39, 0.29) is 0 Å². The highest BCUT2D eigenvalue weighted by molar-refractivity contribution is 5.60. The molecular formula is C15H24N2. The summed E-state index contributed by atoms with van der Waals surface area (Å²) in [6.07, 6.45) is 3.61. The van der Waals surface area contributed by atoms with Crippen molar-refractivity contribution in [3.8, 4) is 0 Å². The molecule has 2 nitrogen and oxygen atoms in total. The first kappa shape index (κ1) is 12.4. The highest BCUT2D eigenvalue weighted by atomic mass is 15.2. The first-order chi connectivity index (χ1) is 8.26. The standard InChI is InChI=1S/C15H24N2/c1-4-17-12(2)10-14-8-7-13(11-15(14)17)6-5-9-16-3/h7-8,11-12,16H,4-6,9-10H2,1-3H3. The molecule has 1 atom stereocenters. The van der Waals surface area contributed by atoms with Crippen molar-refractivity contribution in [3.05, 3.63) is 29.3 Å². The first-order valence-corrected chi connectivity index (χ1v) is 6.79. The number of nitrogens with zero attached hydrogens (tertiary/aromatic N) is 1. The number of anilines is 1. The molecule has 1 heterocycles. The summed E-state index contributed by atoms with van der Waals surface area (Å²) in [6.45, 7) is 6.79. The van der Waals surface area contributed by atoms with Gasteiger partial charge in [0.05, 0.1) is 0 Å². The largest absolute Gasteiger partial charge is 0.369 e. The van der Waals surface area contributed by atoms with Crippen molar-refractivity contribution in [2.24, 2.45) is 0 Å². The van der Waals surface area contributed by atoms with Crippen molar-refractivity contribution in [1.82, 2.24) is 5.32 Å². The third-order valence-electron chi connectivity index (χ3n) is 3.74. The molecule has 0 bridgehead atoms. The van der Waals surface area contributed by atoms with Gasteiger partial charge in [0.25, 0.3) is 0 Å². The summed E-state index contributed by atoms with van der Waals surface area (Å²) in [5.74, 6) is 0. The van der Waals surface area contributed by atoms with Crippen molar-refractivity contribution in [2.75, 3.05) is 25.0 Å². The second kappa shape index (κ2) is 5.54. The summed E-state index contributed by atoms with van der Waals surface area (Å²) in [5.41, 5.74) is 4.48. The van der Waals surface area contributed by atoms with Crippen molar-refractivity contribution in [1.29, 1.82) is 0 Å². The minimum absolute atomic E-state index is 0.669. The lowest BCUT2D eigenvalue weighted by molar-refractivity contribution is 0.690. The van der Waals surface area contributed by atoms with Gasteiger partial charge in [-0.2, -0.15) is 0 Å². The first-order valence-electron chi connectivity index (χ1n) is 6.79. The zero-order valence-electron chi connectivity index (χ0n) is 11.3. The van der Waals surface area contributed by atoms with Gasteiger partial charge in [-0.15, -0.1) is 0 Å². The predicted molar refractivity (Wildman–Crippen MR) is 74.9 cm³/mol. The van der Waals surface area contributed by atoms with Crippen LogP contribution in [-0.4, -0.2) is 26.2 Å². The molecule has 0 radical (unpaired) electrons. The van der Waals surface area contributed by atoms with E-state index < -0.39 is 0 Å². The Kier molecular flexibility index (Phi) is 4.06. The van der Waals surface area contributed by atoms with Gasteiger partial charge in [0, 0.05) is 18.3 Å². The number of nitrogens with one attached hydrogen (secondary N) is 1. The SMILES string of the molecule is CCN1c2cc(CCCNC)ccc2CC1C. The van der Waals surface area contributed by atoms with Crippen LogP contribution in [0.5, 0.6) is 0 Å². The van der Waals surface area contributed by atoms with E-state index in [1.807, 2.05) is 7.05 Å². The second-order valence-electron chi connectivity index (χ2n) is 5.01. The molecule has 0 aliphatic carbocycles. The molecule has 0 saturated carbocycles. The van der Waals surface area contributed by atoms with E-state index in [4.69, 9.17) is 0 Å². The van der Waals surface area contributed by atoms with E-state index in [1.165, 1.54) is 36.1 Å². The minimum Gasteiger partial charge on any atom is -0.369 e. The number of likely N-dealkylation sites (N-methyl/N-ethyl adjacent to an activating group) is 1. The lowest BCUT2D eigenvalue weighted by Gasteiger charge is -2.23. The van der Waals surface area contributed by atoms with Crippen molar-refractivity contribution < 1.29 is 0 Å². The van der Waals surface area contributed by atoms with Crippen molar-refractivity contribution in [2.45, 2.75) is 39.2 Å². The van der Waals surface area contributed by atoms with Crippen LogP contribution in [0, 0.1) is 0 Å². The van der Waals surface area contributed by atoms with Crippen LogP contribution in [0.4, 0.5) is 5.69 Å². The summed E-state index contributed by atoms with van der Waals surface area (Å²) < 4.78 is 0. The Labute approximate surface area is 105 Å². The van der Waals surface area contributed by atoms with Gasteiger partial charge in [0.15, 0.2) is 0 Å². The molecule has 1 aliphatic heterocycles. The van der Waals surface area contributed by atoms with Gasteiger partial charge in [0.2, 0.25) is 0 Å². The van der Waals surface area contributed by atoms with E-state index in [0.29, 0.717) is 6.04 Å². The predicted octanol–water partition coefficient (Wildman–Crippen LogP) is 2.61. The van der Waals surface area contributed by atoms with E-state index in [2.05, 4.69) is 42.3 Å². The normalized spacial score (nSPS) is 18.5. The zero-order valence-corrected chi connectivity index (χ0v) is 11.3. The molecule has 0 amide bonds. The molecule has 17 heavy (non-hydrogen) atoms. The molecule has 2 heteroatoms. The molecule has 0 saturated heterocycles. The fraction of sp³-hybridized carbons (Fsp3) is 0.600. The molecule has 0 aromatic heterocycles. The van der Waals surface area contributed by atoms with Crippen LogP contribution in [0.15, 0.2) is 18.2 Å². The van der Waals surface area contributed by atoms with Gasteiger partial charge in [-0.25, -0.2) is 0 Å². The molecule has 0 fully saturated rings. The fourth-order valence-electron chi connectivity index (χ4n) is 2.82. The Balaban J connectivity index is 2.11. The third kappa shape index (κ3) is 2.63. The fourth-order valence-corrected chi connectivity index (χ4v) is 2.82. The quantitative estimate of drug-likeness (QED) is 0.785. The molecule has 0 spiro atoms. The van der Waals surface area contributed by atoms with Gasteiger partial charge in [0.1, 0.15) is 0 Å². The number of aryl methyl sites for hydroxylation is 1. The topological polar surface area (TPSA) is 15.3 Å². The number of hydrogen-bond donors (Lipinski definition) is 1. The van der Waals surface area contributed by atoms with Gasteiger partial charge in [-0.05, 0) is 63.9 Å². The summed E-state index contributed by atoms with van der Waals surface area (Å²) in [6, 6.07) is 7.71. The van der Waals surface area contributed by atoms with Crippen molar-refractivity contribution >= 4 is 5.69 Å². The van der Waals surface area contributed by atoms with Gasteiger partial charge in [-0.1, -0.05) is 12.1 Å². The van der Waals surface area contributed by atoms with Crippen LogP contribution in [-0.2, 0) is 12.8 Å². The molecule has 1 aromatic carbocycles. The van der Waals surface area contributed by atoms with E-state index in [9.17, 15) is 0 Å². The van der Waals surface area contributed by atoms with Gasteiger partial charge in [-0.3, -0.25) is 0 Å². The average Bonchev–Trinajstić information content (AvgIpc) is 2.64. The molecule has 1 aliphatic rings. The lowest BCUT2D eigenvalue weighted by atomic mass is 10.0. The molecule has 1 N–H and O–H groups in total. The van der Waals surface area contributed by atoms with E-state index in [0.717, 1.165) is 13.1 Å². The molecule has 1 unspecified atom stereocenters. The van der Waals surface area contributed by atoms with Crippen LogP contribution >= 0.6 is 0 Å². The highest BCUT2D eigenvalue weighted by Crippen LogP contribution is 2.32. The Bertz CT molecular complexity index is 373. The summed E-state index contributed by atoms with van der Waals surface area (Å²) in [7, 11) is 2.02. The second-order valence-corrected chi connectivity index (χ2v) is 5.01. The number of fused-ring (bicyclic) bond motifs is 1. The smallest absolute Gasteiger partial charge is 0.0404 e. The molecule has 94 valence electrons. The van der Waals surface area contributed by atoms with Crippen LogP contribution in [0.3, 0.4) is 0 Å². The third-order valence-corrected chi connectivity index (χ3v) is 3.74. The van der Waals surface area contributed by atoms with Crippen LogP contribution < -0.4 is 10.2 Å². The Morgan fingerprint density at radius 1 is 1.41 bits per heavy atom. The lowest BCUT2D eigenvalue weighted by Crippen LogP contribution is -2.28. The van der Waals surface area contributed by atoms with Crippen LogP contribution in [0.2, 0.25) is 0 Å². The summed E-state index contributed by atoms with van der Waals surface area (Å²) >= 11 is 0. The van der Waals surface area contributed by atoms with Crippen molar-refractivity contribution in [3.63, 3.8) is 0 Å². The maximum Gasteiger partial charge on any atom is 0.0404 e. The monoisotopic (exact) mass is 232 g/mol.